The highest BCUT2D eigenvalue weighted by molar-refractivity contribution is 6.33. The normalized spacial score (nSPS) is 28.1. The number of aromatic nitrogens is 1. The number of carbonyl (C=O) groups is 4. The minimum Gasteiger partial charge on any atom is -0.508 e. The number of ether oxygens (including phenoxy) is 1. The van der Waals surface area contributed by atoms with Gasteiger partial charge in [0.15, 0.2) is 5.82 Å². The van der Waals surface area contributed by atoms with Crippen LogP contribution in [0.5, 0.6) is 11.5 Å². The van der Waals surface area contributed by atoms with E-state index < -0.39 is 63.6 Å². The van der Waals surface area contributed by atoms with Gasteiger partial charge in [0, 0.05) is 35.7 Å². The van der Waals surface area contributed by atoms with E-state index in [-0.39, 0.29) is 49.2 Å². The number of phenols is 1. The summed E-state index contributed by atoms with van der Waals surface area (Å²) in [5, 5.41) is 11.0. The summed E-state index contributed by atoms with van der Waals surface area (Å²) in [7, 11) is 0. The highest BCUT2D eigenvalue weighted by atomic mass is 35.5. The maximum Gasteiger partial charge on any atom is 0.417 e. The molecule has 0 spiro atoms. The van der Waals surface area contributed by atoms with Crippen LogP contribution in [-0.4, -0.2) is 50.2 Å². The second-order valence-corrected chi connectivity index (χ2v) is 14.5. The molecule has 268 valence electrons. The van der Waals surface area contributed by atoms with E-state index in [1.807, 2.05) is 6.08 Å². The van der Waals surface area contributed by atoms with Gasteiger partial charge in [-0.05, 0) is 73.2 Å². The summed E-state index contributed by atoms with van der Waals surface area (Å²) < 4.78 is 46.4. The number of anilines is 1. The first-order chi connectivity index (χ1) is 24.7. The number of aromatic hydroxyl groups is 1. The Morgan fingerprint density at radius 2 is 1.77 bits per heavy atom. The smallest absolute Gasteiger partial charge is 0.417 e. The van der Waals surface area contributed by atoms with Crippen LogP contribution in [0.3, 0.4) is 0 Å². The predicted octanol–water partition coefficient (Wildman–Crippen LogP) is 6.47. The zero-order valence-electron chi connectivity index (χ0n) is 27.3. The van der Waals surface area contributed by atoms with E-state index in [1.165, 1.54) is 17.2 Å². The largest absolute Gasteiger partial charge is 0.508 e. The van der Waals surface area contributed by atoms with Crippen molar-refractivity contribution in [2.75, 3.05) is 12.0 Å². The average molecular weight is 754 g/mol. The third kappa shape index (κ3) is 4.96. The summed E-state index contributed by atoms with van der Waals surface area (Å²) in [6, 6.07) is 11.8. The van der Waals surface area contributed by atoms with Crippen LogP contribution in [0.4, 0.5) is 19.0 Å². The molecule has 3 aliphatic heterocycles. The summed E-state index contributed by atoms with van der Waals surface area (Å²) in [4.78, 5) is 62.4. The minimum absolute atomic E-state index is 0.00510. The number of hydrazine groups is 1. The maximum atomic E-state index is 15.3. The lowest BCUT2D eigenvalue weighted by molar-refractivity contribution is -0.141. The lowest BCUT2D eigenvalue weighted by atomic mass is 9.48. The fourth-order valence-electron chi connectivity index (χ4n) is 8.98. The number of nitrogens with one attached hydrogen (secondary N) is 1. The van der Waals surface area contributed by atoms with Gasteiger partial charge in [-0.3, -0.25) is 29.5 Å². The first kappa shape index (κ1) is 34.2. The standard InChI is InChI=1S/C37H29Cl2F3N4O6/c1-2-45-32(48)24-9-8-23-25(29(24)34(45)50)14-26-33(49)46(44-31-27(39)13-20(15-43-31)37(40,41)42)35(51)36(26,19-3-5-21(38)6-4-19)30(23)18-11-17-12-22(47)7-10-28(17)52-16-18/h3-8,10,12-13,15-16,24-26,29-30,47H,2,9,11,14H2,1H3,(H,43,44). The molecule has 4 heterocycles. The number of pyridine rings is 1. The second-order valence-electron chi connectivity index (χ2n) is 13.6. The molecule has 52 heavy (non-hydrogen) atoms. The molecule has 10 nitrogen and oxygen atoms in total. The quantitative estimate of drug-likeness (QED) is 0.224. The van der Waals surface area contributed by atoms with E-state index in [2.05, 4.69) is 10.4 Å². The van der Waals surface area contributed by atoms with Crippen LogP contribution in [0.2, 0.25) is 10.0 Å². The Hall–Kier alpha value is -4.88. The minimum atomic E-state index is -4.74. The van der Waals surface area contributed by atoms with Gasteiger partial charge in [-0.15, -0.1) is 0 Å². The molecule has 8 rings (SSSR count). The Bertz CT molecular complexity index is 2140. The lowest BCUT2D eigenvalue weighted by Crippen LogP contribution is -2.55. The van der Waals surface area contributed by atoms with Crippen LogP contribution in [0, 0.1) is 29.6 Å². The van der Waals surface area contributed by atoms with Gasteiger partial charge in [-0.2, -0.15) is 18.2 Å². The molecule has 6 unspecified atom stereocenters. The average Bonchev–Trinajstić information content (AvgIpc) is 3.48. The number of amides is 4. The molecule has 2 N–H and O–H groups in total. The van der Waals surface area contributed by atoms with Gasteiger partial charge in [-0.25, -0.2) is 4.98 Å². The number of nitrogens with zero attached hydrogens (tertiary/aromatic N) is 3. The second kappa shape index (κ2) is 12.1. The number of rotatable bonds is 5. The SMILES string of the molecule is CCN1C(=O)C2CC=C3C(CC4C(=O)N(Nc5ncc(C(F)(F)F)cc5Cl)C(=O)C4(c4ccc(Cl)cc4)C3C3=COc4ccc(O)cc4C3)C2C1=O. The van der Waals surface area contributed by atoms with Crippen LogP contribution < -0.4 is 10.2 Å². The van der Waals surface area contributed by atoms with Crippen molar-refractivity contribution < 1.29 is 42.2 Å². The van der Waals surface area contributed by atoms with Crippen molar-refractivity contribution >= 4 is 52.6 Å². The Morgan fingerprint density at radius 1 is 1.02 bits per heavy atom. The Labute approximate surface area is 304 Å². The third-order valence-electron chi connectivity index (χ3n) is 11.1. The number of benzene rings is 2. The van der Waals surface area contributed by atoms with Gasteiger partial charge in [0.25, 0.3) is 11.8 Å². The summed E-state index contributed by atoms with van der Waals surface area (Å²) in [5.41, 5.74) is 2.12. The number of hydrogen-bond donors (Lipinski definition) is 2. The molecular formula is C37H29Cl2F3N4O6. The van der Waals surface area contributed by atoms with Crippen molar-refractivity contribution in [1.29, 1.82) is 0 Å². The van der Waals surface area contributed by atoms with Crippen LogP contribution in [0.1, 0.15) is 36.5 Å². The van der Waals surface area contributed by atoms with Gasteiger partial charge < -0.3 is 9.84 Å². The molecule has 0 radical (unpaired) electrons. The van der Waals surface area contributed by atoms with Crippen molar-refractivity contribution in [3.63, 3.8) is 0 Å². The van der Waals surface area contributed by atoms with Gasteiger partial charge in [0.05, 0.1) is 40.0 Å². The molecule has 1 aromatic heterocycles. The number of halogens is 5. The van der Waals surface area contributed by atoms with Gasteiger partial charge in [0.2, 0.25) is 11.8 Å². The molecule has 3 aromatic rings. The molecule has 2 aliphatic carbocycles. The fourth-order valence-corrected chi connectivity index (χ4v) is 9.31. The molecule has 2 aromatic carbocycles. The molecule has 1 saturated carbocycles. The zero-order valence-corrected chi connectivity index (χ0v) is 28.8. The molecule has 3 fully saturated rings. The molecule has 6 atom stereocenters. The lowest BCUT2D eigenvalue weighted by Gasteiger charge is -2.51. The number of phenolic OH excluding ortho intramolecular Hbond substituents is 1. The number of imide groups is 2. The predicted molar refractivity (Wildman–Crippen MR) is 181 cm³/mol. The van der Waals surface area contributed by atoms with Crippen LogP contribution >= 0.6 is 23.2 Å². The molecule has 0 bridgehead atoms. The molecule has 2 saturated heterocycles. The number of fused-ring (bicyclic) bond motifs is 5. The molecule has 5 aliphatic rings. The van der Waals surface area contributed by atoms with E-state index in [9.17, 15) is 32.7 Å². The van der Waals surface area contributed by atoms with Gasteiger partial charge >= 0.3 is 6.18 Å². The molecular weight excluding hydrogens is 724 g/mol. The van der Waals surface area contributed by atoms with Crippen molar-refractivity contribution in [3.8, 4) is 11.5 Å². The fraction of sp³-hybridized carbons (Fsp3) is 0.324. The van der Waals surface area contributed by atoms with Crippen LogP contribution in [-0.2, 0) is 37.2 Å². The van der Waals surface area contributed by atoms with E-state index in [0.717, 1.165) is 5.01 Å². The third-order valence-corrected chi connectivity index (χ3v) is 11.7. The number of likely N-dealkylation sites (tertiary alicyclic amines) is 1. The van der Waals surface area contributed by atoms with Crippen molar-refractivity contribution in [3.05, 3.63) is 105 Å². The number of allylic oxidation sites excluding steroid dienone is 3. The summed E-state index contributed by atoms with van der Waals surface area (Å²) >= 11 is 12.6. The van der Waals surface area contributed by atoms with E-state index in [4.69, 9.17) is 27.9 Å². The Morgan fingerprint density at radius 3 is 2.46 bits per heavy atom. The Kier molecular flexibility index (Phi) is 7.96. The topological polar surface area (TPSA) is 129 Å². The molecule has 4 amide bonds. The monoisotopic (exact) mass is 752 g/mol. The van der Waals surface area contributed by atoms with Crippen LogP contribution in [0.25, 0.3) is 0 Å². The number of alkyl halides is 3. The van der Waals surface area contributed by atoms with E-state index >= 15 is 4.79 Å². The summed E-state index contributed by atoms with van der Waals surface area (Å²) in [5.74, 6) is -6.06. The van der Waals surface area contributed by atoms with Crippen molar-refractivity contribution in [1.82, 2.24) is 14.9 Å². The molecule has 15 heteroatoms. The zero-order chi connectivity index (χ0) is 36.9. The maximum absolute atomic E-state index is 15.3. The summed E-state index contributed by atoms with van der Waals surface area (Å²) in [6.07, 6.45) is -0.339. The van der Waals surface area contributed by atoms with Crippen molar-refractivity contribution in [2.24, 2.45) is 29.6 Å². The first-order valence-electron chi connectivity index (χ1n) is 16.6. The van der Waals surface area contributed by atoms with Gasteiger partial charge in [0.1, 0.15) is 11.5 Å². The van der Waals surface area contributed by atoms with Crippen LogP contribution in [0.15, 0.2) is 78.2 Å². The Balaban J connectivity index is 1.32. The van der Waals surface area contributed by atoms with E-state index in [1.54, 1.807) is 43.3 Å². The number of hydrogen-bond acceptors (Lipinski definition) is 8. The van der Waals surface area contributed by atoms with Gasteiger partial charge in [-0.1, -0.05) is 47.0 Å². The summed E-state index contributed by atoms with van der Waals surface area (Å²) in [6.45, 7) is 1.90. The highest BCUT2D eigenvalue weighted by Crippen LogP contribution is 2.63. The highest BCUT2D eigenvalue weighted by Gasteiger charge is 2.70. The number of carbonyl (C=O) groups excluding carboxylic acids is 4. The van der Waals surface area contributed by atoms with Crippen molar-refractivity contribution in [2.45, 2.75) is 37.8 Å². The first-order valence-corrected chi connectivity index (χ1v) is 17.4. The van der Waals surface area contributed by atoms with E-state index in [0.29, 0.717) is 45.3 Å².